The molecule has 1 fully saturated rings. The number of nitrogens with two attached hydrogens (primary N) is 1. The van der Waals surface area contributed by atoms with Gasteiger partial charge in [-0.3, -0.25) is 19.7 Å². The summed E-state index contributed by atoms with van der Waals surface area (Å²) in [7, 11) is 0. The summed E-state index contributed by atoms with van der Waals surface area (Å²) in [5.74, 6) is -1.20. The summed E-state index contributed by atoms with van der Waals surface area (Å²) in [6, 6.07) is -0.662. The van der Waals surface area contributed by atoms with Gasteiger partial charge in [-0.25, -0.2) is 0 Å². The normalized spacial score (nSPS) is 16.1. The first kappa shape index (κ1) is 14.6. The van der Waals surface area contributed by atoms with Crippen molar-refractivity contribution in [2.24, 2.45) is 5.73 Å². The molecule has 4 N–H and O–H groups in total. The van der Waals surface area contributed by atoms with E-state index in [0.29, 0.717) is 19.3 Å². The molecule has 92 valence electrons. The first-order valence-electron chi connectivity index (χ1n) is 5.28. The standard InChI is InChI=1S/C6H13NO2.C4H5NO2/c1-2-3-4-5(7)6(8)9;6-3-1-2-4(7)5-3/h5H,2-4,7H2,1H3,(H,8,9);1-2H2,(H,5,6,7)/t5-;/m0./s1. The Morgan fingerprint density at radius 3 is 2.19 bits per heavy atom. The van der Waals surface area contributed by atoms with E-state index in [9.17, 15) is 14.4 Å². The highest BCUT2D eigenvalue weighted by atomic mass is 16.4. The number of carbonyl (C=O) groups is 3. The minimum Gasteiger partial charge on any atom is -0.480 e. The van der Waals surface area contributed by atoms with E-state index >= 15 is 0 Å². The van der Waals surface area contributed by atoms with Crippen molar-refractivity contribution in [1.29, 1.82) is 0 Å². The number of nitrogens with one attached hydrogen (secondary N) is 1. The molecule has 6 nitrogen and oxygen atoms in total. The predicted octanol–water partition coefficient (Wildman–Crippen LogP) is 0.0115. The molecule has 2 amide bonds. The SMILES string of the molecule is CCCC[C@H](N)C(=O)O.O=C1CCC(=O)N1. The van der Waals surface area contributed by atoms with E-state index in [2.05, 4.69) is 5.32 Å². The molecule has 0 aliphatic carbocycles. The number of carboxylic acid groups (broad SMARTS) is 1. The second kappa shape index (κ2) is 7.81. The monoisotopic (exact) mass is 230 g/mol. The lowest BCUT2D eigenvalue weighted by Crippen LogP contribution is -2.29. The Labute approximate surface area is 94.2 Å². The fourth-order valence-corrected chi connectivity index (χ4v) is 1.06. The molecule has 16 heavy (non-hydrogen) atoms. The molecule has 0 aromatic heterocycles. The molecule has 0 radical (unpaired) electrons. The van der Waals surface area contributed by atoms with Gasteiger partial charge < -0.3 is 10.8 Å². The Hall–Kier alpha value is -1.43. The van der Waals surface area contributed by atoms with Crippen molar-refractivity contribution in [3.63, 3.8) is 0 Å². The highest BCUT2D eigenvalue weighted by Gasteiger charge is 2.15. The molecule has 1 heterocycles. The van der Waals surface area contributed by atoms with Crippen LogP contribution in [0.25, 0.3) is 0 Å². The van der Waals surface area contributed by atoms with Crippen LogP contribution in [-0.4, -0.2) is 28.9 Å². The van der Waals surface area contributed by atoms with Gasteiger partial charge in [0.2, 0.25) is 11.8 Å². The fraction of sp³-hybridized carbons (Fsp3) is 0.700. The van der Waals surface area contributed by atoms with Crippen molar-refractivity contribution in [1.82, 2.24) is 5.32 Å². The van der Waals surface area contributed by atoms with Gasteiger partial charge in [0.25, 0.3) is 0 Å². The smallest absolute Gasteiger partial charge is 0.320 e. The molecule has 6 heteroatoms. The zero-order chi connectivity index (χ0) is 12.6. The van der Waals surface area contributed by atoms with Gasteiger partial charge in [-0.1, -0.05) is 19.8 Å². The number of amides is 2. The van der Waals surface area contributed by atoms with E-state index in [1.165, 1.54) is 0 Å². The Morgan fingerprint density at radius 1 is 1.44 bits per heavy atom. The van der Waals surface area contributed by atoms with Gasteiger partial charge in [-0.15, -0.1) is 0 Å². The van der Waals surface area contributed by atoms with Crippen LogP contribution in [0.3, 0.4) is 0 Å². The highest BCUT2D eigenvalue weighted by Crippen LogP contribution is 1.97. The lowest BCUT2D eigenvalue weighted by Gasteiger charge is -2.02. The third kappa shape index (κ3) is 6.94. The Balaban J connectivity index is 0.000000288. The molecule has 0 unspecified atom stereocenters. The summed E-state index contributed by atoms with van der Waals surface area (Å²) in [6.07, 6.45) is 3.23. The zero-order valence-corrected chi connectivity index (χ0v) is 9.36. The molecule has 1 atom stereocenters. The van der Waals surface area contributed by atoms with E-state index < -0.39 is 12.0 Å². The minimum atomic E-state index is -0.900. The van der Waals surface area contributed by atoms with Crippen molar-refractivity contribution in [2.75, 3.05) is 0 Å². The van der Waals surface area contributed by atoms with Gasteiger partial charge in [0.15, 0.2) is 0 Å². The lowest BCUT2D eigenvalue weighted by atomic mass is 10.1. The van der Waals surface area contributed by atoms with Crippen molar-refractivity contribution >= 4 is 17.8 Å². The Morgan fingerprint density at radius 2 is 1.94 bits per heavy atom. The molecular formula is C10H18N2O4. The van der Waals surface area contributed by atoms with Crippen molar-refractivity contribution in [2.45, 2.75) is 45.1 Å². The maximum absolute atomic E-state index is 10.1. The lowest BCUT2D eigenvalue weighted by molar-refractivity contribution is -0.138. The third-order valence-corrected chi connectivity index (χ3v) is 2.04. The summed E-state index contributed by atoms with van der Waals surface area (Å²) < 4.78 is 0. The number of unbranched alkanes of at least 4 members (excludes halogenated alkanes) is 1. The summed E-state index contributed by atoms with van der Waals surface area (Å²) in [4.78, 5) is 30.3. The van der Waals surface area contributed by atoms with Crippen LogP contribution in [0.15, 0.2) is 0 Å². The summed E-state index contributed by atoms with van der Waals surface area (Å²) in [5, 5.41) is 10.4. The molecular weight excluding hydrogens is 212 g/mol. The number of carboxylic acids is 1. The molecule has 1 saturated heterocycles. The molecule has 0 saturated carbocycles. The van der Waals surface area contributed by atoms with Crippen LogP contribution < -0.4 is 11.1 Å². The number of hydrogen-bond donors (Lipinski definition) is 3. The number of imide groups is 1. The highest BCUT2D eigenvalue weighted by molar-refractivity contribution is 6.01. The van der Waals surface area contributed by atoms with Crippen molar-refractivity contribution in [3.05, 3.63) is 0 Å². The number of carbonyl (C=O) groups excluding carboxylic acids is 2. The van der Waals surface area contributed by atoms with E-state index in [-0.39, 0.29) is 11.8 Å². The van der Waals surface area contributed by atoms with Crippen LogP contribution in [-0.2, 0) is 14.4 Å². The first-order chi connectivity index (χ1) is 7.47. The molecule has 0 spiro atoms. The van der Waals surface area contributed by atoms with Gasteiger partial charge in [0.1, 0.15) is 6.04 Å². The van der Waals surface area contributed by atoms with Crippen LogP contribution in [0.4, 0.5) is 0 Å². The summed E-state index contributed by atoms with van der Waals surface area (Å²) in [5.41, 5.74) is 5.20. The van der Waals surface area contributed by atoms with Gasteiger partial charge in [-0.05, 0) is 6.42 Å². The second-order valence-electron chi connectivity index (χ2n) is 3.56. The van der Waals surface area contributed by atoms with Crippen LogP contribution in [0.2, 0.25) is 0 Å². The largest absolute Gasteiger partial charge is 0.480 e. The van der Waals surface area contributed by atoms with E-state index in [1.54, 1.807) is 0 Å². The third-order valence-electron chi connectivity index (χ3n) is 2.04. The number of aliphatic carboxylic acids is 1. The van der Waals surface area contributed by atoms with Crippen molar-refractivity contribution < 1.29 is 19.5 Å². The fourth-order valence-electron chi connectivity index (χ4n) is 1.06. The second-order valence-corrected chi connectivity index (χ2v) is 3.56. The van der Waals surface area contributed by atoms with Gasteiger partial charge >= 0.3 is 5.97 Å². The zero-order valence-electron chi connectivity index (χ0n) is 9.36. The average Bonchev–Trinajstić information content (AvgIpc) is 2.59. The van der Waals surface area contributed by atoms with Gasteiger partial charge in [0.05, 0.1) is 0 Å². The Kier molecular flexibility index (Phi) is 7.11. The molecule has 1 aliphatic heterocycles. The minimum absolute atomic E-state index is 0.148. The maximum atomic E-state index is 10.1. The van der Waals surface area contributed by atoms with Crippen LogP contribution in [0.5, 0.6) is 0 Å². The molecule has 0 aromatic rings. The summed E-state index contributed by atoms with van der Waals surface area (Å²) >= 11 is 0. The van der Waals surface area contributed by atoms with Crippen LogP contribution in [0.1, 0.15) is 39.0 Å². The topological polar surface area (TPSA) is 109 Å². The number of hydrogen-bond acceptors (Lipinski definition) is 4. The first-order valence-corrected chi connectivity index (χ1v) is 5.28. The van der Waals surface area contributed by atoms with Gasteiger partial charge in [0, 0.05) is 12.8 Å². The van der Waals surface area contributed by atoms with Crippen LogP contribution >= 0.6 is 0 Å². The Bertz CT molecular complexity index is 252. The molecule has 0 aromatic carbocycles. The van der Waals surface area contributed by atoms with Crippen molar-refractivity contribution in [3.8, 4) is 0 Å². The maximum Gasteiger partial charge on any atom is 0.320 e. The van der Waals surface area contributed by atoms with E-state index in [4.69, 9.17) is 10.8 Å². The molecule has 0 bridgehead atoms. The molecule has 1 rings (SSSR count). The molecule has 1 aliphatic rings. The predicted molar refractivity (Wildman–Crippen MR) is 57.5 cm³/mol. The van der Waals surface area contributed by atoms with Crippen LogP contribution in [0, 0.1) is 0 Å². The van der Waals surface area contributed by atoms with Gasteiger partial charge in [-0.2, -0.15) is 0 Å². The number of rotatable bonds is 4. The average molecular weight is 230 g/mol. The quantitative estimate of drug-likeness (QED) is 0.589. The summed E-state index contributed by atoms with van der Waals surface area (Å²) in [6.45, 7) is 2.01. The van der Waals surface area contributed by atoms with E-state index in [0.717, 1.165) is 12.8 Å². The van der Waals surface area contributed by atoms with E-state index in [1.807, 2.05) is 6.92 Å².